The lowest BCUT2D eigenvalue weighted by Crippen LogP contribution is -2.69. The van der Waals surface area contributed by atoms with Crippen molar-refractivity contribution in [2.24, 2.45) is 23.7 Å². The molecule has 0 aromatic carbocycles. The summed E-state index contributed by atoms with van der Waals surface area (Å²) in [5.74, 6) is 2.32. The molecule has 1 heterocycles. The highest BCUT2D eigenvalue weighted by Gasteiger charge is 2.73. The zero-order valence-electron chi connectivity index (χ0n) is 16.7. The summed E-state index contributed by atoms with van der Waals surface area (Å²) in [7, 11) is 1.42. The molecule has 0 amide bonds. The Morgan fingerprint density at radius 2 is 0.909 bits per heavy atom. The Labute approximate surface area is 140 Å². The molecule has 1 aliphatic rings. The predicted molar refractivity (Wildman–Crippen MR) is 98.4 cm³/mol. The van der Waals surface area contributed by atoms with Gasteiger partial charge in [0.05, 0.1) is 0 Å². The summed E-state index contributed by atoms with van der Waals surface area (Å²) in [5, 5.41) is 0.368. The van der Waals surface area contributed by atoms with Gasteiger partial charge in [0, 0.05) is 24.3 Å². The van der Waals surface area contributed by atoms with Crippen molar-refractivity contribution in [3.05, 3.63) is 0 Å². The summed E-state index contributed by atoms with van der Waals surface area (Å²) in [6.45, 7) is 19.1. The normalized spacial score (nSPS) is 23.7. The molecule has 2 nitrogen and oxygen atoms in total. The summed E-state index contributed by atoms with van der Waals surface area (Å²) in [6, 6.07) is 0. The van der Waals surface area contributed by atoms with Crippen LogP contribution in [0, 0.1) is 23.7 Å². The van der Waals surface area contributed by atoms with Crippen LogP contribution in [0.3, 0.4) is 0 Å². The molecule has 1 aliphatic heterocycles. The molecule has 1 saturated heterocycles. The second kappa shape index (κ2) is 6.94. The second-order valence-electron chi connectivity index (χ2n) is 8.58. The Hall–Kier alpha value is 0.137. The van der Waals surface area contributed by atoms with E-state index in [0.29, 0.717) is 23.7 Å². The average molecular weight is 329 g/mol. The Morgan fingerprint density at radius 3 is 1.09 bits per heavy atom. The van der Waals surface area contributed by atoms with Crippen molar-refractivity contribution in [2.75, 3.05) is 14.2 Å². The summed E-state index contributed by atoms with van der Waals surface area (Å²) in [4.78, 5) is 0. The highest BCUT2D eigenvalue weighted by Crippen LogP contribution is 2.72. The van der Waals surface area contributed by atoms with Crippen molar-refractivity contribution in [3.63, 3.8) is 0 Å². The Balaban J connectivity index is 3.74. The molecule has 3 heteroatoms. The van der Waals surface area contributed by atoms with Gasteiger partial charge in [-0.2, -0.15) is 0 Å². The lowest BCUT2D eigenvalue weighted by atomic mass is 9.74. The Kier molecular flexibility index (Phi) is 6.37. The van der Waals surface area contributed by atoms with Crippen LogP contribution in [0.15, 0.2) is 0 Å². The monoisotopic (exact) mass is 328 g/mol. The fourth-order valence-electron chi connectivity index (χ4n) is 6.29. The first-order chi connectivity index (χ1) is 10.1. The van der Waals surface area contributed by atoms with E-state index in [4.69, 9.17) is 8.85 Å². The minimum absolute atomic E-state index is 0.184. The molecule has 0 bridgehead atoms. The van der Waals surface area contributed by atoms with Crippen LogP contribution < -0.4 is 0 Å². The van der Waals surface area contributed by atoms with E-state index in [1.807, 2.05) is 14.2 Å². The van der Waals surface area contributed by atoms with Gasteiger partial charge in [-0.25, -0.2) is 0 Å². The lowest BCUT2D eigenvalue weighted by Gasteiger charge is -2.65. The molecule has 0 aromatic rings. The third kappa shape index (κ3) is 2.34. The van der Waals surface area contributed by atoms with E-state index in [1.165, 1.54) is 19.3 Å². The van der Waals surface area contributed by atoms with E-state index in [0.717, 1.165) is 0 Å². The lowest BCUT2D eigenvalue weighted by molar-refractivity contribution is 0.0550. The SMILES string of the molecule is CO[Si]1(OC)C(C(C)C)(C(C)C)CCCC1(C(C)C)C(C)C. The maximum Gasteiger partial charge on any atom is 0.351 e. The van der Waals surface area contributed by atoms with Gasteiger partial charge in [0.15, 0.2) is 0 Å². The molecule has 0 spiro atoms. The fourth-order valence-corrected chi connectivity index (χ4v) is 12.9. The van der Waals surface area contributed by atoms with E-state index >= 15 is 0 Å². The van der Waals surface area contributed by atoms with Crippen LogP contribution in [-0.4, -0.2) is 22.8 Å². The molecule has 132 valence electrons. The van der Waals surface area contributed by atoms with Gasteiger partial charge in [-0.05, 0) is 36.5 Å². The first kappa shape index (κ1) is 20.2. The standard InChI is InChI=1S/C19H40O2Si/c1-14(2)18(15(3)4)12-11-13-19(16(5)6,17(7)8)22(18,20-9)21-10/h14-17H,11-13H2,1-10H3. The molecule has 1 fully saturated rings. The minimum Gasteiger partial charge on any atom is -0.397 e. The Bertz CT molecular complexity index is 310. The summed E-state index contributed by atoms with van der Waals surface area (Å²) >= 11 is 0. The van der Waals surface area contributed by atoms with Crippen molar-refractivity contribution in [3.8, 4) is 0 Å². The van der Waals surface area contributed by atoms with Crippen molar-refractivity contribution in [1.82, 2.24) is 0 Å². The van der Waals surface area contributed by atoms with Crippen molar-refractivity contribution < 1.29 is 8.85 Å². The molecule has 1 rings (SSSR count). The number of hydrogen-bond acceptors (Lipinski definition) is 2. The van der Waals surface area contributed by atoms with Crippen LogP contribution in [0.4, 0.5) is 0 Å². The van der Waals surface area contributed by atoms with E-state index in [2.05, 4.69) is 55.4 Å². The number of rotatable bonds is 6. The first-order valence-corrected chi connectivity index (χ1v) is 11.0. The molecular formula is C19H40O2Si. The fraction of sp³-hybridized carbons (Fsp3) is 1.00. The topological polar surface area (TPSA) is 18.5 Å². The summed E-state index contributed by atoms with van der Waals surface area (Å²) in [5.41, 5.74) is 0. The third-order valence-corrected chi connectivity index (χ3v) is 13.5. The number of hydrogen-bond donors (Lipinski definition) is 0. The first-order valence-electron chi connectivity index (χ1n) is 9.21. The zero-order valence-corrected chi connectivity index (χ0v) is 17.7. The highest BCUT2D eigenvalue weighted by atomic mass is 28.4. The van der Waals surface area contributed by atoms with E-state index in [9.17, 15) is 0 Å². The van der Waals surface area contributed by atoms with Crippen LogP contribution >= 0.6 is 0 Å². The third-order valence-electron chi connectivity index (χ3n) is 7.10. The van der Waals surface area contributed by atoms with Gasteiger partial charge < -0.3 is 8.85 Å². The molecule has 0 N–H and O–H groups in total. The maximum absolute atomic E-state index is 6.52. The van der Waals surface area contributed by atoms with Crippen LogP contribution in [-0.2, 0) is 8.85 Å². The van der Waals surface area contributed by atoms with Crippen LogP contribution in [0.2, 0.25) is 10.1 Å². The van der Waals surface area contributed by atoms with Gasteiger partial charge in [0.25, 0.3) is 0 Å². The molecule has 0 unspecified atom stereocenters. The largest absolute Gasteiger partial charge is 0.397 e. The van der Waals surface area contributed by atoms with Gasteiger partial charge >= 0.3 is 8.56 Å². The quantitative estimate of drug-likeness (QED) is 0.556. The molecule has 0 atom stereocenters. The molecule has 0 radical (unpaired) electrons. The molecule has 0 saturated carbocycles. The van der Waals surface area contributed by atoms with Crippen LogP contribution in [0.1, 0.15) is 74.7 Å². The summed E-state index contributed by atoms with van der Waals surface area (Å²) in [6.07, 6.45) is 3.79. The highest BCUT2D eigenvalue weighted by molar-refractivity contribution is 6.74. The van der Waals surface area contributed by atoms with Gasteiger partial charge in [0.2, 0.25) is 0 Å². The Morgan fingerprint density at radius 1 is 0.636 bits per heavy atom. The summed E-state index contributed by atoms with van der Waals surface area (Å²) < 4.78 is 13.0. The average Bonchev–Trinajstić information content (AvgIpc) is 2.44. The van der Waals surface area contributed by atoms with Gasteiger partial charge in [-0.1, -0.05) is 61.8 Å². The van der Waals surface area contributed by atoms with Crippen molar-refractivity contribution >= 4 is 8.56 Å². The van der Waals surface area contributed by atoms with E-state index in [1.54, 1.807) is 0 Å². The maximum atomic E-state index is 6.52. The zero-order chi connectivity index (χ0) is 17.3. The van der Waals surface area contributed by atoms with Gasteiger partial charge in [0.1, 0.15) is 0 Å². The molecule has 0 aromatic heterocycles. The van der Waals surface area contributed by atoms with Gasteiger partial charge in [-0.3, -0.25) is 0 Å². The molecular weight excluding hydrogens is 288 g/mol. The van der Waals surface area contributed by atoms with Crippen molar-refractivity contribution in [2.45, 2.75) is 84.7 Å². The predicted octanol–water partition coefficient (Wildman–Crippen LogP) is 6.01. The van der Waals surface area contributed by atoms with Crippen LogP contribution in [0.5, 0.6) is 0 Å². The molecule has 0 aliphatic carbocycles. The smallest absolute Gasteiger partial charge is 0.351 e. The van der Waals surface area contributed by atoms with E-state index in [-0.39, 0.29) is 10.1 Å². The van der Waals surface area contributed by atoms with Crippen molar-refractivity contribution in [1.29, 1.82) is 0 Å². The second-order valence-corrected chi connectivity index (χ2v) is 12.5. The van der Waals surface area contributed by atoms with Crippen LogP contribution in [0.25, 0.3) is 0 Å². The minimum atomic E-state index is -2.44. The van der Waals surface area contributed by atoms with Gasteiger partial charge in [-0.15, -0.1) is 0 Å². The van der Waals surface area contributed by atoms with E-state index < -0.39 is 8.56 Å². The molecule has 22 heavy (non-hydrogen) atoms.